The minimum Gasteiger partial charge on any atom is -0.465 e. The molecular formula is C17H23N5O4S. The van der Waals surface area contributed by atoms with E-state index >= 15 is 0 Å². The summed E-state index contributed by atoms with van der Waals surface area (Å²) in [4.78, 5) is 37.0. The van der Waals surface area contributed by atoms with Crippen LogP contribution >= 0.6 is 11.3 Å². The fourth-order valence-electron chi connectivity index (χ4n) is 2.86. The first-order valence-corrected chi connectivity index (χ1v) is 9.43. The molecule has 0 radical (unpaired) electrons. The van der Waals surface area contributed by atoms with E-state index in [0.29, 0.717) is 47.8 Å². The molecule has 1 aliphatic rings. The van der Waals surface area contributed by atoms with Crippen molar-refractivity contribution in [2.75, 3.05) is 43.9 Å². The van der Waals surface area contributed by atoms with Crippen LogP contribution in [0.2, 0.25) is 0 Å². The first kappa shape index (κ1) is 19.2. The number of nitrogens with two attached hydrogens (primary N) is 1. The van der Waals surface area contributed by atoms with Crippen molar-refractivity contribution in [2.24, 2.45) is 0 Å². The van der Waals surface area contributed by atoms with Crippen molar-refractivity contribution >= 4 is 46.1 Å². The van der Waals surface area contributed by atoms with Crippen LogP contribution in [0.1, 0.15) is 30.4 Å². The van der Waals surface area contributed by atoms with E-state index < -0.39 is 11.6 Å². The van der Waals surface area contributed by atoms with Gasteiger partial charge in [-0.15, -0.1) is 11.3 Å². The lowest BCUT2D eigenvalue weighted by Gasteiger charge is -2.36. The third-order valence-corrected chi connectivity index (χ3v) is 5.00. The molecule has 3 rings (SSSR count). The number of rotatable bonds is 2. The zero-order chi connectivity index (χ0) is 19.8. The van der Waals surface area contributed by atoms with Crippen LogP contribution in [-0.2, 0) is 9.47 Å². The predicted molar refractivity (Wildman–Crippen MR) is 103 cm³/mol. The van der Waals surface area contributed by atoms with Crippen LogP contribution in [0, 0.1) is 0 Å². The third kappa shape index (κ3) is 4.05. The average Bonchev–Trinajstić information content (AvgIpc) is 3.02. The topological polar surface area (TPSA) is 111 Å². The molecule has 146 valence electrons. The Kier molecular flexibility index (Phi) is 5.09. The summed E-state index contributed by atoms with van der Waals surface area (Å²) in [7, 11) is 1.34. The maximum Gasteiger partial charge on any atom is 0.410 e. The van der Waals surface area contributed by atoms with E-state index in [4.69, 9.17) is 15.2 Å². The predicted octanol–water partition coefficient (Wildman–Crippen LogP) is 2.12. The summed E-state index contributed by atoms with van der Waals surface area (Å²) in [5.41, 5.74) is 5.92. The Hall–Kier alpha value is -2.62. The number of piperazine rings is 1. The van der Waals surface area contributed by atoms with E-state index in [1.54, 1.807) is 10.3 Å². The van der Waals surface area contributed by atoms with E-state index in [2.05, 4.69) is 9.97 Å². The number of methoxy groups -OCH3 is 1. The van der Waals surface area contributed by atoms with Gasteiger partial charge in [0.15, 0.2) is 0 Å². The van der Waals surface area contributed by atoms with Gasteiger partial charge in [-0.1, -0.05) is 0 Å². The highest BCUT2D eigenvalue weighted by Crippen LogP contribution is 2.33. The Labute approximate surface area is 161 Å². The van der Waals surface area contributed by atoms with Crippen LogP contribution < -0.4 is 10.6 Å². The second-order valence-electron chi connectivity index (χ2n) is 7.18. The summed E-state index contributed by atoms with van der Waals surface area (Å²) in [6, 6.07) is 0. The molecule has 27 heavy (non-hydrogen) atoms. The molecule has 1 amide bonds. The molecule has 3 heterocycles. The molecule has 0 saturated carbocycles. The quantitative estimate of drug-likeness (QED) is 0.773. The van der Waals surface area contributed by atoms with E-state index in [1.165, 1.54) is 18.4 Å². The minimum atomic E-state index is -0.534. The Morgan fingerprint density at radius 3 is 2.44 bits per heavy atom. The summed E-state index contributed by atoms with van der Waals surface area (Å²) in [5, 5.41) is 2.40. The molecule has 0 bridgehead atoms. The van der Waals surface area contributed by atoms with Crippen LogP contribution in [0.15, 0.2) is 5.38 Å². The lowest BCUT2D eigenvalue weighted by atomic mass is 10.2. The average molecular weight is 393 g/mol. The second-order valence-corrected chi connectivity index (χ2v) is 8.06. The maximum absolute atomic E-state index is 12.2. The summed E-state index contributed by atoms with van der Waals surface area (Å²) >= 11 is 1.25. The Balaban J connectivity index is 1.84. The number of anilines is 2. The van der Waals surface area contributed by atoms with Gasteiger partial charge in [0.2, 0.25) is 5.95 Å². The number of carbonyl (C=O) groups is 2. The van der Waals surface area contributed by atoms with Gasteiger partial charge in [-0.3, -0.25) is 0 Å². The van der Waals surface area contributed by atoms with Crippen molar-refractivity contribution in [3.05, 3.63) is 10.3 Å². The molecule has 9 nitrogen and oxygen atoms in total. The first-order chi connectivity index (χ1) is 12.7. The fourth-order valence-corrected chi connectivity index (χ4v) is 3.75. The number of aromatic nitrogens is 2. The molecule has 0 atom stereocenters. The van der Waals surface area contributed by atoms with Crippen LogP contribution in [0.4, 0.5) is 16.6 Å². The van der Waals surface area contributed by atoms with Crippen molar-refractivity contribution in [1.82, 2.24) is 14.9 Å². The minimum absolute atomic E-state index is 0.140. The van der Waals surface area contributed by atoms with Crippen molar-refractivity contribution < 1.29 is 19.1 Å². The lowest BCUT2D eigenvalue weighted by molar-refractivity contribution is 0.0240. The molecule has 2 aromatic heterocycles. The van der Waals surface area contributed by atoms with Gasteiger partial charge < -0.3 is 25.0 Å². The normalized spacial score (nSPS) is 15.1. The van der Waals surface area contributed by atoms with Crippen LogP contribution in [0.25, 0.3) is 10.9 Å². The summed E-state index contributed by atoms with van der Waals surface area (Å²) < 4.78 is 10.3. The Bertz CT molecular complexity index is 868. The Morgan fingerprint density at radius 1 is 1.19 bits per heavy atom. The monoisotopic (exact) mass is 393 g/mol. The third-order valence-electron chi connectivity index (χ3n) is 4.05. The highest BCUT2D eigenvalue weighted by Gasteiger charge is 2.29. The zero-order valence-electron chi connectivity index (χ0n) is 15.8. The van der Waals surface area contributed by atoms with Crippen molar-refractivity contribution in [2.45, 2.75) is 26.4 Å². The number of fused-ring (bicyclic) bond motifs is 1. The summed E-state index contributed by atoms with van der Waals surface area (Å²) in [6.07, 6.45) is -0.333. The van der Waals surface area contributed by atoms with Crippen molar-refractivity contribution in [3.63, 3.8) is 0 Å². The molecule has 2 N–H and O–H groups in total. The van der Waals surface area contributed by atoms with E-state index in [9.17, 15) is 9.59 Å². The van der Waals surface area contributed by atoms with Crippen molar-refractivity contribution in [1.29, 1.82) is 0 Å². The number of hydrogen-bond donors (Lipinski definition) is 1. The summed E-state index contributed by atoms with van der Waals surface area (Å²) in [5.74, 6) is 0.293. The van der Waals surface area contributed by atoms with E-state index in [-0.39, 0.29) is 12.0 Å². The number of ether oxygens (including phenoxy) is 2. The molecule has 2 aromatic rings. The van der Waals surface area contributed by atoms with Gasteiger partial charge in [-0.25, -0.2) is 14.6 Å². The molecule has 0 unspecified atom stereocenters. The van der Waals surface area contributed by atoms with Crippen LogP contribution in [-0.4, -0.2) is 65.8 Å². The molecule has 1 aliphatic heterocycles. The van der Waals surface area contributed by atoms with Crippen LogP contribution in [0.3, 0.4) is 0 Å². The number of nitrogen functional groups attached to an aromatic ring is 1. The van der Waals surface area contributed by atoms with Gasteiger partial charge >= 0.3 is 12.1 Å². The number of amides is 1. The number of carbonyl (C=O) groups excluding carboxylic acids is 2. The molecule has 1 saturated heterocycles. The molecule has 1 fully saturated rings. The van der Waals surface area contributed by atoms with E-state index in [1.807, 2.05) is 25.7 Å². The summed E-state index contributed by atoms with van der Waals surface area (Å²) in [6.45, 7) is 7.57. The van der Waals surface area contributed by atoms with Gasteiger partial charge in [0.1, 0.15) is 16.3 Å². The molecule has 0 aromatic carbocycles. The highest BCUT2D eigenvalue weighted by atomic mass is 32.1. The van der Waals surface area contributed by atoms with Gasteiger partial charge in [-0.2, -0.15) is 4.98 Å². The van der Waals surface area contributed by atoms with Gasteiger partial charge in [-0.05, 0) is 20.8 Å². The molecule has 0 spiro atoms. The largest absolute Gasteiger partial charge is 0.465 e. The number of nitrogens with zero attached hydrogens (tertiary/aromatic N) is 4. The smallest absolute Gasteiger partial charge is 0.410 e. The number of thiophene rings is 1. The Morgan fingerprint density at radius 2 is 1.85 bits per heavy atom. The SMILES string of the molecule is COC(=O)c1scc2nc(N)nc(N3CCN(C(=O)OC(C)(C)C)CC3)c12. The van der Waals surface area contributed by atoms with Gasteiger partial charge in [0.25, 0.3) is 0 Å². The lowest BCUT2D eigenvalue weighted by Crippen LogP contribution is -2.50. The van der Waals surface area contributed by atoms with Crippen LogP contribution in [0.5, 0.6) is 0 Å². The standard InChI is InChI=1S/C17H23N5O4S/c1-17(2,3)26-16(24)22-7-5-21(6-8-22)13-11-10(19-15(18)20-13)9-27-12(11)14(23)25-4/h9H,5-8H2,1-4H3,(H2,18,19). The van der Waals surface area contributed by atoms with Gasteiger partial charge in [0.05, 0.1) is 18.0 Å². The number of hydrogen-bond acceptors (Lipinski definition) is 9. The molecular weight excluding hydrogens is 370 g/mol. The molecule has 10 heteroatoms. The first-order valence-electron chi connectivity index (χ1n) is 8.55. The fraction of sp³-hybridized carbons (Fsp3) is 0.529. The zero-order valence-corrected chi connectivity index (χ0v) is 16.6. The van der Waals surface area contributed by atoms with E-state index in [0.717, 1.165) is 0 Å². The molecule has 0 aliphatic carbocycles. The van der Waals surface area contributed by atoms with Crippen molar-refractivity contribution in [3.8, 4) is 0 Å². The second kappa shape index (κ2) is 7.18. The highest BCUT2D eigenvalue weighted by molar-refractivity contribution is 7.13. The maximum atomic E-state index is 12.2. The van der Waals surface area contributed by atoms with Gasteiger partial charge in [0, 0.05) is 31.6 Å². The number of esters is 1.